The van der Waals surface area contributed by atoms with E-state index < -0.39 is 0 Å². The van der Waals surface area contributed by atoms with E-state index in [1.54, 1.807) is 4.90 Å². The van der Waals surface area contributed by atoms with Crippen molar-refractivity contribution in [2.24, 2.45) is 11.8 Å². The molecule has 0 aliphatic heterocycles. The summed E-state index contributed by atoms with van der Waals surface area (Å²) in [5.74, 6) is 0.854. The second-order valence-corrected chi connectivity index (χ2v) is 5.80. The summed E-state index contributed by atoms with van der Waals surface area (Å²) in [5.41, 5.74) is 0. The van der Waals surface area contributed by atoms with Crippen molar-refractivity contribution < 1.29 is 4.79 Å². The van der Waals surface area contributed by atoms with Gasteiger partial charge in [0.2, 0.25) is 5.91 Å². The third-order valence-corrected chi connectivity index (χ3v) is 3.39. The number of carbonyl (C=O) groups excluding carboxylic acids is 1. The van der Waals surface area contributed by atoms with E-state index in [1.165, 1.54) is 0 Å². The van der Waals surface area contributed by atoms with E-state index in [0.717, 1.165) is 26.1 Å². The molecule has 1 rings (SSSR count). The van der Waals surface area contributed by atoms with Gasteiger partial charge in [-0.15, -0.1) is 0 Å². The Morgan fingerprint density at radius 2 is 1.72 bits per heavy atom. The highest BCUT2D eigenvalue weighted by Gasteiger charge is 2.30. The van der Waals surface area contributed by atoms with Gasteiger partial charge < -0.3 is 4.90 Å². The molecule has 0 saturated carbocycles. The number of hydrogen-bond acceptors (Lipinski definition) is 3. The van der Waals surface area contributed by atoms with E-state index in [0.29, 0.717) is 5.92 Å². The number of rotatable bonds is 5. The first-order chi connectivity index (χ1) is 8.41. The first-order valence-electron chi connectivity index (χ1n) is 6.61. The highest BCUT2D eigenvalue weighted by Crippen LogP contribution is 2.27. The van der Waals surface area contributed by atoms with Crippen LogP contribution in [-0.2, 0) is 4.79 Å². The van der Waals surface area contributed by atoms with Crippen LogP contribution in [0.15, 0.2) is 12.2 Å². The number of allylic oxidation sites excluding steroid dienone is 2. The van der Waals surface area contributed by atoms with Gasteiger partial charge in [0.1, 0.15) is 0 Å². The molecule has 0 aromatic heterocycles. The second-order valence-electron chi connectivity index (χ2n) is 5.80. The minimum atomic E-state index is 0.148. The fourth-order valence-electron chi connectivity index (χ4n) is 2.65. The number of hydrogen-bond donors (Lipinski definition) is 0. The topological polar surface area (TPSA) is 26.8 Å². The van der Waals surface area contributed by atoms with Crippen molar-refractivity contribution in [3.05, 3.63) is 12.2 Å². The zero-order valence-electron chi connectivity index (χ0n) is 12.4. The third-order valence-electron chi connectivity index (χ3n) is 3.39. The summed E-state index contributed by atoms with van der Waals surface area (Å²) in [6, 6.07) is 0. The normalized spacial score (nSPS) is 23.7. The van der Waals surface area contributed by atoms with Crippen molar-refractivity contribution in [3.8, 4) is 0 Å². The summed E-state index contributed by atoms with van der Waals surface area (Å²) in [5, 5.41) is 0. The fraction of sp³-hybridized carbons (Fsp3) is 0.786. The predicted molar refractivity (Wildman–Crippen MR) is 75.2 cm³/mol. The first kappa shape index (κ1) is 15.2. The summed E-state index contributed by atoms with van der Waals surface area (Å²) in [7, 11) is 9.96. The molecule has 0 radical (unpaired) electrons. The van der Waals surface area contributed by atoms with Gasteiger partial charge in [-0.1, -0.05) is 12.2 Å². The van der Waals surface area contributed by atoms with Gasteiger partial charge in [0.05, 0.1) is 0 Å². The molecule has 0 aromatic rings. The average molecular weight is 253 g/mol. The zero-order chi connectivity index (χ0) is 13.7. The van der Waals surface area contributed by atoms with E-state index in [9.17, 15) is 4.79 Å². The Morgan fingerprint density at radius 1 is 1.11 bits per heavy atom. The van der Waals surface area contributed by atoms with Gasteiger partial charge in [-0.3, -0.25) is 14.6 Å². The monoisotopic (exact) mass is 253 g/mol. The molecule has 1 amide bonds. The molecule has 4 heteroatoms. The lowest BCUT2D eigenvalue weighted by Gasteiger charge is -2.33. The van der Waals surface area contributed by atoms with E-state index in [1.807, 2.05) is 14.1 Å². The molecule has 4 nitrogen and oxygen atoms in total. The molecule has 1 aliphatic rings. The van der Waals surface area contributed by atoms with Gasteiger partial charge >= 0.3 is 0 Å². The standard InChI is InChI=1S/C14H27N3O/c1-15(2)11-17(5)10-12-8-6-7-9-13(12)14(18)16(3)4/h6-7,12-13H,8-11H2,1-5H3. The summed E-state index contributed by atoms with van der Waals surface area (Å²) in [6.45, 7) is 1.91. The largest absolute Gasteiger partial charge is 0.349 e. The van der Waals surface area contributed by atoms with Crippen molar-refractivity contribution in [1.29, 1.82) is 0 Å². The van der Waals surface area contributed by atoms with Crippen LogP contribution in [0.1, 0.15) is 12.8 Å². The van der Waals surface area contributed by atoms with Crippen LogP contribution in [0.2, 0.25) is 0 Å². The Labute approximate surface area is 111 Å². The van der Waals surface area contributed by atoms with Crippen LogP contribution in [0.3, 0.4) is 0 Å². The molecule has 2 atom stereocenters. The SMILES string of the molecule is CN(C)CN(C)CC1CC=CCC1C(=O)N(C)C. The molecule has 104 valence electrons. The van der Waals surface area contributed by atoms with Crippen molar-refractivity contribution in [2.45, 2.75) is 12.8 Å². The molecule has 0 N–H and O–H groups in total. The molecule has 0 aromatic carbocycles. The smallest absolute Gasteiger partial charge is 0.225 e. The number of nitrogens with zero attached hydrogens (tertiary/aromatic N) is 3. The Morgan fingerprint density at radius 3 is 2.28 bits per heavy atom. The molecule has 2 unspecified atom stereocenters. The third kappa shape index (κ3) is 4.42. The molecular formula is C14H27N3O. The Kier molecular flexibility index (Phi) is 5.82. The van der Waals surface area contributed by atoms with Gasteiger partial charge in [0.25, 0.3) is 0 Å². The Bertz CT molecular complexity index is 299. The summed E-state index contributed by atoms with van der Waals surface area (Å²) < 4.78 is 0. The van der Waals surface area contributed by atoms with Crippen LogP contribution >= 0.6 is 0 Å². The number of amides is 1. The molecule has 18 heavy (non-hydrogen) atoms. The van der Waals surface area contributed by atoms with Crippen molar-refractivity contribution in [3.63, 3.8) is 0 Å². The van der Waals surface area contributed by atoms with E-state index in [2.05, 4.69) is 43.1 Å². The van der Waals surface area contributed by atoms with Crippen LogP contribution in [0.25, 0.3) is 0 Å². The van der Waals surface area contributed by atoms with Gasteiger partial charge in [-0.05, 0) is 39.9 Å². The zero-order valence-corrected chi connectivity index (χ0v) is 12.4. The van der Waals surface area contributed by atoms with E-state index in [4.69, 9.17) is 0 Å². The van der Waals surface area contributed by atoms with Crippen molar-refractivity contribution >= 4 is 5.91 Å². The second kappa shape index (κ2) is 6.90. The van der Waals surface area contributed by atoms with Crippen LogP contribution < -0.4 is 0 Å². The van der Waals surface area contributed by atoms with Crippen LogP contribution in [0.5, 0.6) is 0 Å². The van der Waals surface area contributed by atoms with E-state index in [-0.39, 0.29) is 11.8 Å². The maximum Gasteiger partial charge on any atom is 0.225 e. The van der Waals surface area contributed by atoms with Crippen molar-refractivity contribution in [2.75, 3.05) is 48.5 Å². The molecule has 0 bridgehead atoms. The highest BCUT2D eigenvalue weighted by molar-refractivity contribution is 5.79. The minimum Gasteiger partial charge on any atom is -0.349 e. The lowest BCUT2D eigenvalue weighted by Crippen LogP contribution is -2.41. The van der Waals surface area contributed by atoms with Crippen LogP contribution in [-0.4, -0.2) is 69.1 Å². The predicted octanol–water partition coefficient (Wildman–Crippen LogP) is 1.11. The average Bonchev–Trinajstić information content (AvgIpc) is 2.27. The Balaban J connectivity index is 2.60. The Hall–Kier alpha value is -0.870. The maximum absolute atomic E-state index is 12.2. The molecular weight excluding hydrogens is 226 g/mol. The quantitative estimate of drug-likeness (QED) is 0.542. The summed E-state index contributed by atoms with van der Waals surface area (Å²) in [4.78, 5) is 18.3. The van der Waals surface area contributed by atoms with Gasteiger partial charge in [0, 0.05) is 33.2 Å². The summed E-state index contributed by atoms with van der Waals surface area (Å²) >= 11 is 0. The van der Waals surface area contributed by atoms with Crippen molar-refractivity contribution in [1.82, 2.24) is 14.7 Å². The van der Waals surface area contributed by atoms with Gasteiger partial charge in [0.15, 0.2) is 0 Å². The molecule has 0 spiro atoms. The fourth-order valence-corrected chi connectivity index (χ4v) is 2.65. The van der Waals surface area contributed by atoms with Gasteiger partial charge in [-0.2, -0.15) is 0 Å². The molecule has 0 saturated heterocycles. The minimum absolute atomic E-state index is 0.148. The number of carbonyl (C=O) groups is 1. The molecule has 1 aliphatic carbocycles. The van der Waals surface area contributed by atoms with Gasteiger partial charge in [-0.25, -0.2) is 0 Å². The lowest BCUT2D eigenvalue weighted by atomic mass is 9.82. The maximum atomic E-state index is 12.2. The summed E-state index contributed by atoms with van der Waals surface area (Å²) in [6.07, 6.45) is 6.27. The highest BCUT2D eigenvalue weighted by atomic mass is 16.2. The molecule has 0 fully saturated rings. The lowest BCUT2D eigenvalue weighted by molar-refractivity contribution is -0.135. The van der Waals surface area contributed by atoms with E-state index >= 15 is 0 Å². The van der Waals surface area contributed by atoms with Crippen LogP contribution in [0, 0.1) is 11.8 Å². The van der Waals surface area contributed by atoms with Crippen LogP contribution in [0.4, 0.5) is 0 Å². The molecule has 0 heterocycles. The first-order valence-corrected chi connectivity index (χ1v) is 6.61.